The Morgan fingerprint density at radius 3 is 2.70 bits per heavy atom. The molecule has 2 rings (SSSR count). The molecule has 1 N–H and O–H groups in total. The Bertz CT molecular complexity index is 352. The maximum absolute atomic E-state index is 12.4. The molecule has 0 spiro atoms. The highest BCUT2D eigenvalue weighted by atomic mass is 16.5. The van der Waals surface area contributed by atoms with Gasteiger partial charge in [-0.25, -0.2) is 0 Å². The molecule has 1 heterocycles. The average Bonchev–Trinajstić information content (AvgIpc) is 3.11. The number of ether oxygens (including phenoxy) is 1. The van der Waals surface area contributed by atoms with Crippen molar-refractivity contribution in [3.05, 3.63) is 0 Å². The summed E-state index contributed by atoms with van der Waals surface area (Å²) in [6, 6.07) is 0.502. The zero-order chi connectivity index (χ0) is 14.8. The number of esters is 1. The fraction of sp³-hybridized carbons (Fsp3) is 0.938. The Morgan fingerprint density at radius 2 is 2.15 bits per heavy atom. The minimum atomic E-state index is -0.565. The van der Waals surface area contributed by atoms with Gasteiger partial charge in [-0.2, -0.15) is 0 Å². The second-order valence-electron chi connectivity index (χ2n) is 7.45. The molecule has 2 aliphatic rings. The first-order chi connectivity index (χ1) is 9.35. The van der Waals surface area contributed by atoms with E-state index < -0.39 is 5.54 Å². The summed E-state index contributed by atoms with van der Waals surface area (Å²) in [5.41, 5.74) is -0.210. The molecule has 4 nitrogen and oxygen atoms in total. The zero-order valence-electron chi connectivity index (χ0n) is 13.5. The van der Waals surface area contributed by atoms with Gasteiger partial charge in [0.25, 0.3) is 0 Å². The molecule has 1 unspecified atom stereocenters. The topological polar surface area (TPSA) is 41.6 Å². The van der Waals surface area contributed by atoms with Gasteiger partial charge in [0.15, 0.2) is 0 Å². The lowest BCUT2D eigenvalue weighted by molar-refractivity contribution is -0.151. The predicted octanol–water partition coefficient (Wildman–Crippen LogP) is 2.18. The number of rotatable bonds is 6. The lowest BCUT2D eigenvalue weighted by Gasteiger charge is -2.42. The first-order valence-corrected chi connectivity index (χ1v) is 8.02. The van der Waals surface area contributed by atoms with Crippen molar-refractivity contribution in [3.63, 3.8) is 0 Å². The van der Waals surface area contributed by atoms with Gasteiger partial charge in [0, 0.05) is 19.1 Å². The van der Waals surface area contributed by atoms with Crippen LogP contribution in [0.1, 0.15) is 53.4 Å². The highest BCUT2D eigenvalue weighted by Gasteiger charge is 2.42. The molecule has 0 bridgehead atoms. The molecule has 1 aliphatic carbocycles. The third-order valence-corrected chi connectivity index (χ3v) is 4.35. The Labute approximate surface area is 123 Å². The van der Waals surface area contributed by atoms with E-state index in [1.165, 1.54) is 25.7 Å². The van der Waals surface area contributed by atoms with Gasteiger partial charge in [-0.15, -0.1) is 0 Å². The Hall–Kier alpha value is -0.610. The molecule has 2 fully saturated rings. The van der Waals surface area contributed by atoms with E-state index in [2.05, 4.69) is 24.1 Å². The SMILES string of the molecule is CCOC(=O)C(C)(CN1CCCC(C)(C)C1)NC1CC1. The summed E-state index contributed by atoms with van der Waals surface area (Å²) in [5, 5.41) is 3.51. The number of piperidine rings is 1. The van der Waals surface area contributed by atoms with Gasteiger partial charge in [0.05, 0.1) is 6.61 Å². The molecule has 1 saturated heterocycles. The maximum atomic E-state index is 12.4. The number of nitrogens with one attached hydrogen (secondary N) is 1. The normalized spacial score (nSPS) is 26.0. The van der Waals surface area contributed by atoms with Crippen LogP contribution in [-0.2, 0) is 9.53 Å². The van der Waals surface area contributed by atoms with E-state index in [9.17, 15) is 4.79 Å². The van der Waals surface area contributed by atoms with E-state index in [1.807, 2.05) is 13.8 Å². The molecule has 1 atom stereocenters. The maximum Gasteiger partial charge on any atom is 0.327 e. The number of carbonyl (C=O) groups excluding carboxylic acids is 1. The minimum absolute atomic E-state index is 0.102. The van der Waals surface area contributed by atoms with Crippen molar-refractivity contribution in [2.24, 2.45) is 5.41 Å². The van der Waals surface area contributed by atoms with Crippen LogP contribution in [-0.4, -0.2) is 48.7 Å². The lowest BCUT2D eigenvalue weighted by Crippen LogP contribution is -2.60. The molecule has 20 heavy (non-hydrogen) atoms. The van der Waals surface area contributed by atoms with Gasteiger partial charge in [0.1, 0.15) is 5.54 Å². The van der Waals surface area contributed by atoms with Crippen LogP contribution in [0.2, 0.25) is 0 Å². The van der Waals surface area contributed by atoms with E-state index >= 15 is 0 Å². The van der Waals surface area contributed by atoms with Crippen LogP contribution < -0.4 is 5.32 Å². The molecule has 1 aliphatic heterocycles. The van der Waals surface area contributed by atoms with E-state index in [1.54, 1.807) is 0 Å². The second kappa shape index (κ2) is 6.02. The molecular formula is C16H30N2O2. The third kappa shape index (κ3) is 4.19. The van der Waals surface area contributed by atoms with Gasteiger partial charge >= 0.3 is 5.97 Å². The Morgan fingerprint density at radius 1 is 1.45 bits per heavy atom. The van der Waals surface area contributed by atoms with Crippen LogP contribution in [0, 0.1) is 5.41 Å². The quantitative estimate of drug-likeness (QED) is 0.758. The first kappa shape index (κ1) is 15.8. The van der Waals surface area contributed by atoms with E-state index in [0.29, 0.717) is 18.1 Å². The van der Waals surface area contributed by atoms with Gasteiger partial charge in [0.2, 0.25) is 0 Å². The highest BCUT2D eigenvalue weighted by molar-refractivity contribution is 5.80. The van der Waals surface area contributed by atoms with Crippen LogP contribution in [0.25, 0.3) is 0 Å². The van der Waals surface area contributed by atoms with Crippen LogP contribution in [0.4, 0.5) is 0 Å². The standard InChI is InChI=1S/C16H30N2O2/c1-5-20-14(19)16(4,17-13-7-8-13)12-18-10-6-9-15(2,3)11-18/h13,17H,5-12H2,1-4H3. The fourth-order valence-electron chi connectivity index (χ4n) is 3.26. The van der Waals surface area contributed by atoms with Crippen LogP contribution >= 0.6 is 0 Å². The van der Waals surface area contributed by atoms with Gasteiger partial charge in [-0.3, -0.25) is 10.1 Å². The first-order valence-electron chi connectivity index (χ1n) is 8.02. The van der Waals surface area contributed by atoms with E-state index in [4.69, 9.17) is 4.74 Å². The van der Waals surface area contributed by atoms with Crippen molar-refractivity contribution in [3.8, 4) is 0 Å². The summed E-state index contributed by atoms with van der Waals surface area (Å²) >= 11 is 0. The molecule has 4 heteroatoms. The molecule has 0 aromatic carbocycles. The minimum Gasteiger partial charge on any atom is -0.465 e. The Kier molecular flexibility index (Phi) is 4.75. The van der Waals surface area contributed by atoms with Crippen molar-refractivity contribution < 1.29 is 9.53 Å². The lowest BCUT2D eigenvalue weighted by atomic mass is 9.83. The number of nitrogens with zero attached hydrogens (tertiary/aromatic N) is 1. The van der Waals surface area contributed by atoms with Gasteiger partial charge in [-0.1, -0.05) is 13.8 Å². The molecular weight excluding hydrogens is 252 g/mol. The number of carbonyl (C=O) groups is 1. The molecule has 0 radical (unpaired) electrons. The van der Waals surface area contributed by atoms with E-state index in [-0.39, 0.29) is 5.97 Å². The van der Waals surface area contributed by atoms with Crippen LogP contribution in [0.15, 0.2) is 0 Å². The highest BCUT2D eigenvalue weighted by Crippen LogP contribution is 2.30. The predicted molar refractivity (Wildman–Crippen MR) is 80.7 cm³/mol. The Balaban J connectivity index is 2.00. The zero-order valence-corrected chi connectivity index (χ0v) is 13.5. The van der Waals surface area contributed by atoms with Gasteiger partial charge < -0.3 is 9.64 Å². The average molecular weight is 282 g/mol. The largest absolute Gasteiger partial charge is 0.465 e. The second-order valence-corrected chi connectivity index (χ2v) is 7.45. The summed E-state index contributed by atoms with van der Waals surface area (Å²) in [5.74, 6) is -0.102. The molecule has 116 valence electrons. The van der Waals surface area contributed by atoms with Crippen molar-refractivity contribution >= 4 is 5.97 Å². The monoisotopic (exact) mass is 282 g/mol. The fourth-order valence-corrected chi connectivity index (χ4v) is 3.26. The van der Waals surface area contributed by atoms with Crippen molar-refractivity contribution in [1.82, 2.24) is 10.2 Å². The number of hydrogen-bond donors (Lipinski definition) is 1. The smallest absolute Gasteiger partial charge is 0.327 e. The summed E-state index contributed by atoms with van der Waals surface area (Å²) < 4.78 is 5.30. The van der Waals surface area contributed by atoms with Crippen molar-refractivity contribution in [2.75, 3.05) is 26.2 Å². The summed E-state index contributed by atoms with van der Waals surface area (Å²) in [7, 11) is 0. The number of hydrogen-bond acceptors (Lipinski definition) is 4. The van der Waals surface area contributed by atoms with E-state index in [0.717, 1.165) is 19.6 Å². The van der Waals surface area contributed by atoms with Crippen LogP contribution in [0.3, 0.4) is 0 Å². The molecule has 0 aromatic heterocycles. The summed E-state index contributed by atoms with van der Waals surface area (Å²) in [4.78, 5) is 14.8. The summed E-state index contributed by atoms with van der Waals surface area (Å²) in [6.07, 6.45) is 4.85. The number of likely N-dealkylation sites (tertiary alicyclic amines) is 1. The third-order valence-electron chi connectivity index (χ3n) is 4.35. The van der Waals surface area contributed by atoms with Crippen LogP contribution in [0.5, 0.6) is 0 Å². The summed E-state index contributed by atoms with van der Waals surface area (Å²) in [6.45, 7) is 11.9. The molecule has 0 aromatic rings. The van der Waals surface area contributed by atoms with Crippen molar-refractivity contribution in [2.45, 2.75) is 65.0 Å². The van der Waals surface area contributed by atoms with Gasteiger partial charge in [-0.05, 0) is 51.5 Å². The molecule has 0 amide bonds. The van der Waals surface area contributed by atoms with Crippen molar-refractivity contribution in [1.29, 1.82) is 0 Å². The molecule has 1 saturated carbocycles.